The maximum absolute atomic E-state index is 11.9. The largest absolute Gasteiger partial charge is 0.491 e. The second kappa shape index (κ2) is 8.62. The van der Waals surface area contributed by atoms with Crippen molar-refractivity contribution in [3.8, 4) is 5.75 Å². The van der Waals surface area contributed by atoms with Crippen LogP contribution in [-0.2, 0) is 11.2 Å². The summed E-state index contributed by atoms with van der Waals surface area (Å²) >= 11 is 3.39. The lowest BCUT2D eigenvalue weighted by Gasteiger charge is -2.09. The minimum atomic E-state index is 0.0224. The second-order valence-corrected chi connectivity index (χ2v) is 6.60. The van der Waals surface area contributed by atoms with Gasteiger partial charge in [-0.3, -0.25) is 9.78 Å². The lowest BCUT2D eigenvalue weighted by molar-refractivity contribution is -0.120. The number of carbonyl (C=O) groups excluding carboxylic acids is 1. The van der Waals surface area contributed by atoms with E-state index >= 15 is 0 Å². The number of halogens is 1. The summed E-state index contributed by atoms with van der Waals surface area (Å²) in [5.74, 6) is 0.799. The Labute approximate surface area is 155 Å². The summed E-state index contributed by atoms with van der Waals surface area (Å²) in [5.41, 5.74) is 1.86. The molecule has 3 rings (SSSR count). The first-order valence-corrected chi connectivity index (χ1v) is 8.99. The maximum Gasteiger partial charge on any atom is 0.224 e. The summed E-state index contributed by atoms with van der Waals surface area (Å²) in [5, 5.41) is 3.98. The molecule has 5 heteroatoms. The number of hydrogen-bond donors (Lipinski definition) is 1. The van der Waals surface area contributed by atoms with Gasteiger partial charge in [-0.25, -0.2) is 0 Å². The van der Waals surface area contributed by atoms with Crippen LogP contribution < -0.4 is 10.1 Å². The number of pyridine rings is 1. The van der Waals surface area contributed by atoms with Crippen LogP contribution in [0.1, 0.15) is 12.0 Å². The first-order chi connectivity index (χ1) is 12.2. The van der Waals surface area contributed by atoms with E-state index in [0.717, 1.165) is 33.1 Å². The molecule has 3 aromatic rings. The maximum atomic E-state index is 11.9. The number of rotatable bonds is 7. The minimum Gasteiger partial charge on any atom is -0.491 e. The molecule has 1 amide bonds. The first-order valence-electron chi connectivity index (χ1n) is 8.20. The fourth-order valence-electron chi connectivity index (χ4n) is 2.52. The van der Waals surface area contributed by atoms with Gasteiger partial charge in [-0.1, -0.05) is 46.3 Å². The molecule has 0 bridgehead atoms. The fourth-order valence-corrected chi connectivity index (χ4v) is 2.79. The third-order valence-corrected chi connectivity index (χ3v) is 4.30. The minimum absolute atomic E-state index is 0.0224. The molecule has 0 atom stereocenters. The van der Waals surface area contributed by atoms with E-state index in [1.807, 2.05) is 54.6 Å². The molecule has 0 unspecified atom stereocenters. The molecule has 0 spiro atoms. The smallest absolute Gasteiger partial charge is 0.224 e. The number of nitrogens with one attached hydrogen (secondary N) is 1. The Morgan fingerprint density at radius 2 is 1.88 bits per heavy atom. The van der Waals surface area contributed by atoms with Crippen molar-refractivity contribution in [2.75, 3.05) is 13.2 Å². The van der Waals surface area contributed by atoms with Crippen LogP contribution in [0.3, 0.4) is 0 Å². The van der Waals surface area contributed by atoms with E-state index in [1.165, 1.54) is 0 Å². The number of amides is 1. The van der Waals surface area contributed by atoms with Crippen LogP contribution in [0.4, 0.5) is 0 Å². The van der Waals surface area contributed by atoms with E-state index in [9.17, 15) is 4.79 Å². The molecule has 1 N–H and O–H groups in total. The van der Waals surface area contributed by atoms with Crippen molar-refractivity contribution in [1.29, 1.82) is 0 Å². The van der Waals surface area contributed by atoms with E-state index in [0.29, 0.717) is 19.6 Å². The van der Waals surface area contributed by atoms with Gasteiger partial charge >= 0.3 is 0 Å². The molecule has 0 saturated carbocycles. The van der Waals surface area contributed by atoms with Crippen LogP contribution in [0.15, 0.2) is 65.3 Å². The number of hydrogen-bond acceptors (Lipinski definition) is 3. The van der Waals surface area contributed by atoms with Gasteiger partial charge in [0.15, 0.2) is 0 Å². The molecule has 1 heterocycles. The zero-order valence-electron chi connectivity index (χ0n) is 13.7. The van der Waals surface area contributed by atoms with Crippen LogP contribution in [0.25, 0.3) is 10.9 Å². The molecule has 2 aromatic carbocycles. The standard InChI is InChI=1S/C20H19BrN2O2/c21-17-9-7-15(8-10-17)14-19(24)22-12-3-13-25-18-6-1-4-16-5-2-11-23-20(16)18/h1-2,4-11H,3,12-14H2,(H,22,24). The summed E-state index contributed by atoms with van der Waals surface area (Å²) in [6.07, 6.45) is 2.90. The summed E-state index contributed by atoms with van der Waals surface area (Å²) in [6, 6.07) is 17.6. The third-order valence-electron chi connectivity index (χ3n) is 3.77. The molecule has 0 saturated heterocycles. The number of aromatic nitrogens is 1. The quantitative estimate of drug-likeness (QED) is 0.608. The SMILES string of the molecule is O=C(Cc1ccc(Br)cc1)NCCCOc1cccc2cccnc12. The van der Waals surface area contributed by atoms with Crippen LogP contribution >= 0.6 is 15.9 Å². The van der Waals surface area contributed by atoms with Crippen LogP contribution in [0.5, 0.6) is 5.75 Å². The van der Waals surface area contributed by atoms with Crippen molar-refractivity contribution in [3.05, 3.63) is 70.8 Å². The molecule has 0 fully saturated rings. The molecule has 0 aliphatic carbocycles. The highest BCUT2D eigenvalue weighted by Gasteiger charge is 2.04. The van der Waals surface area contributed by atoms with E-state index in [4.69, 9.17) is 4.74 Å². The highest BCUT2D eigenvalue weighted by molar-refractivity contribution is 9.10. The zero-order valence-corrected chi connectivity index (χ0v) is 15.3. The molecule has 4 nitrogen and oxygen atoms in total. The topological polar surface area (TPSA) is 51.2 Å². The Balaban J connectivity index is 1.41. The lowest BCUT2D eigenvalue weighted by atomic mass is 10.1. The van der Waals surface area contributed by atoms with Gasteiger partial charge in [0.2, 0.25) is 5.91 Å². The average molecular weight is 399 g/mol. The Morgan fingerprint density at radius 1 is 1.08 bits per heavy atom. The van der Waals surface area contributed by atoms with Crippen molar-refractivity contribution < 1.29 is 9.53 Å². The van der Waals surface area contributed by atoms with Crippen molar-refractivity contribution in [1.82, 2.24) is 10.3 Å². The number of ether oxygens (including phenoxy) is 1. The van der Waals surface area contributed by atoms with Gasteiger partial charge in [0.1, 0.15) is 11.3 Å². The van der Waals surface area contributed by atoms with Gasteiger partial charge in [0.05, 0.1) is 13.0 Å². The number of para-hydroxylation sites is 1. The monoisotopic (exact) mass is 398 g/mol. The van der Waals surface area contributed by atoms with Crippen molar-refractivity contribution >= 4 is 32.7 Å². The van der Waals surface area contributed by atoms with Crippen LogP contribution in [-0.4, -0.2) is 24.0 Å². The Bertz CT molecular complexity index is 844. The van der Waals surface area contributed by atoms with Crippen molar-refractivity contribution in [2.24, 2.45) is 0 Å². The first kappa shape index (κ1) is 17.4. The predicted molar refractivity (Wildman–Crippen MR) is 103 cm³/mol. The lowest BCUT2D eigenvalue weighted by Crippen LogP contribution is -2.27. The van der Waals surface area contributed by atoms with E-state index in [-0.39, 0.29) is 5.91 Å². The molecular formula is C20H19BrN2O2. The van der Waals surface area contributed by atoms with Gasteiger partial charge in [0.25, 0.3) is 0 Å². The Kier molecular flexibility index (Phi) is 6.01. The van der Waals surface area contributed by atoms with E-state index < -0.39 is 0 Å². The summed E-state index contributed by atoms with van der Waals surface area (Å²) in [7, 11) is 0. The summed E-state index contributed by atoms with van der Waals surface area (Å²) < 4.78 is 6.82. The molecule has 0 radical (unpaired) electrons. The van der Waals surface area contributed by atoms with Gasteiger partial charge in [-0.05, 0) is 36.2 Å². The molecular weight excluding hydrogens is 380 g/mol. The molecule has 0 aliphatic heterocycles. The average Bonchev–Trinajstić information content (AvgIpc) is 2.63. The van der Waals surface area contributed by atoms with Gasteiger partial charge < -0.3 is 10.1 Å². The number of benzene rings is 2. The van der Waals surface area contributed by atoms with Gasteiger partial charge in [0, 0.05) is 22.6 Å². The predicted octanol–water partition coefficient (Wildman–Crippen LogP) is 4.13. The molecule has 0 aliphatic rings. The van der Waals surface area contributed by atoms with E-state index in [2.05, 4.69) is 26.2 Å². The second-order valence-electron chi connectivity index (χ2n) is 5.69. The van der Waals surface area contributed by atoms with Gasteiger partial charge in [-0.15, -0.1) is 0 Å². The van der Waals surface area contributed by atoms with Crippen LogP contribution in [0.2, 0.25) is 0 Å². The Morgan fingerprint density at radius 3 is 2.72 bits per heavy atom. The van der Waals surface area contributed by atoms with Crippen molar-refractivity contribution in [3.63, 3.8) is 0 Å². The zero-order chi connectivity index (χ0) is 17.5. The normalized spacial score (nSPS) is 10.6. The molecule has 128 valence electrons. The van der Waals surface area contributed by atoms with Crippen LogP contribution in [0, 0.1) is 0 Å². The number of fused-ring (bicyclic) bond motifs is 1. The Hall–Kier alpha value is -2.40. The fraction of sp³-hybridized carbons (Fsp3) is 0.200. The van der Waals surface area contributed by atoms with Gasteiger partial charge in [-0.2, -0.15) is 0 Å². The highest BCUT2D eigenvalue weighted by Crippen LogP contribution is 2.22. The van der Waals surface area contributed by atoms with E-state index in [1.54, 1.807) is 6.20 Å². The highest BCUT2D eigenvalue weighted by atomic mass is 79.9. The summed E-state index contributed by atoms with van der Waals surface area (Å²) in [4.78, 5) is 16.3. The molecule has 1 aromatic heterocycles. The number of nitrogens with zero attached hydrogens (tertiary/aromatic N) is 1. The number of carbonyl (C=O) groups is 1. The van der Waals surface area contributed by atoms with Crippen molar-refractivity contribution in [2.45, 2.75) is 12.8 Å². The third kappa shape index (κ3) is 5.03. The summed E-state index contributed by atoms with van der Waals surface area (Å²) in [6.45, 7) is 1.13. The molecule has 25 heavy (non-hydrogen) atoms.